The third-order valence-electron chi connectivity index (χ3n) is 3.32. The highest BCUT2D eigenvalue weighted by Gasteiger charge is 2.12. The van der Waals surface area contributed by atoms with Gasteiger partial charge in [-0.2, -0.15) is 5.21 Å². The minimum Gasteiger partial charge on any atom is -0.456 e. The van der Waals surface area contributed by atoms with Gasteiger partial charge < -0.3 is 9.73 Å². The molecule has 2 aromatic heterocycles. The maximum atomic E-state index is 5.64. The third kappa shape index (κ3) is 2.95. The number of rotatable bonds is 6. The molecule has 0 aliphatic carbocycles. The van der Waals surface area contributed by atoms with Crippen molar-refractivity contribution in [2.45, 2.75) is 39.8 Å². The molecule has 2 aromatic rings. The Kier molecular flexibility index (Phi) is 4.09. The lowest BCUT2D eigenvalue weighted by Crippen LogP contribution is -2.31. The number of tetrazole rings is 1. The molecule has 98 valence electrons. The van der Waals surface area contributed by atoms with Gasteiger partial charge in [0.1, 0.15) is 5.76 Å². The first kappa shape index (κ1) is 12.8. The predicted molar refractivity (Wildman–Crippen MR) is 67.6 cm³/mol. The van der Waals surface area contributed by atoms with Crippen molar-refractivity contribution in [3.8, 4) is 11.6 Å². The summed E-state index contributed by atoms with van der Waals surface area (Å²) in [5, 5.41) is 17.1. The van der Waals surface area contributed by atoms with E-state index in [4.69, 9.17) is 4.42 Å². The van der Waals surface area contributed by atoms with Crippen molar-refractivity contribution in [3.05, 3.63) is 17.9 Å². The third-order valence-corrected chi connectivity index (χ3v) is 3.32. The summed E-state index contributed by atoms with van der Waals surface area (Å²) in [5.41, 5.74) is 0. The molecule has 0 saturated carbocycles. The number of aromatic nitrogens is 4. The average Bonchev–Trinajstić information content (AvgIpc) is 3.04. The summed E-state index contributed by atoms with van der Waals surface area (Å²) >= 11 is 0. The second-order valence-electron chi connectivity index (χ2n) is 4.56. The summed E-state index contributed by atoms with van der Waals surface area (Å²) < 4.78 is 5.64. The highest BCUT2D eigenvalue weighted by molar-refractivity contribution is 5.45. The smallest absolute Gasteiger partial charge is 0.239 e. The van der Waals surface area contributed by atoms with Gasteiger partial charge in [-0.15, -0.1) is 10.2 Å². The Morgan fingerprint density at radius 2 is 2.22 bits per heavy atom. The van der Waals surface area contributed by atoms with Crippen molar-refractivity contribution >= 4 is 0 Å². The molecular formula is C12H19N5O. The molecule has 2 unspecified atom stereocenters. The second kappa shape index (κ2) is 5.77. The Morgan fingerprint density at radius 1 is 1.39 bits per heavy atom. The second-order valence-corrected chi connectivity index (χ2v) is 4.56. The SMILES string of the molecule is CCC(C)C(C)NCc1ccc(-c2nn[nH]n2)o1. The van der Waals surface area contributed by atoms with Crippen molar-refractivity contribution in [1.29, 1.82) is 0 Å². The monoisotopic (exact) mass is 249 g/mol. The van der Waals surface area contributed by atoms with E-state index in [1.54, 1.807) is 0 Å². The van der Waals surface area contributed by atoms with Gasteiger partial charge >= 0.3 is 0 Å². The number of furan rings is 1. The van der Waals surface area contributed by atoms with E-state index in [-0.39, 0.29) is 0 Å². The lowest BCUT2D eigenvalue weighted by molar-refractivity contribution is 0.371. The van der Waals surface area contributed by atoms with Gasteiger partial charge in [-0.1, -0.05) is 20.3 Å². The molecule has 0 aliphatic heterocycles. The van der Waals surface area contributed by atoms with E-state index in [9.17, 15) is 0 Å². The zero-order chi connectivity index (χ0) is 13.0. The van der Waals surface area contributed by atoms with Crippen LogP contribution in [-0.4, -0.2) is 26.7 Å². The molecule has 2 heterocycles. The molecule has 0 aromatic carbocycles. The quantitative estimate of drug-likeness (QED) is 0.818. The molecule has 0 bridgehead atoms. The van der Waals surface area contributed by atoms with Crippen molar-refractivity contribution in [2.24, 2.45) is 5.92 Å². The molecule has 0 amide bonds. The van der Waals surface area contributed by atoms with E-state index in [1.807, 2.05) is 12.1 Å². The minimum atomic E-state index is 0.466. The molecule has 0 spiro atoms. The van der Waals surface area contributed by atoms with Gasteiger partial charge in [0.05, 0.1) is 6.54 Å². The zero-order valence-electron chi connectivity index (χ0n) is 11.0. The van der Waals surface area contributed by atoms with Crippen LogP contribution in [0.1, 0.15) is 33.0 Å². The summed E-state index contributed by atoms with van der Waals surface area (Å²) in [6.45, 7) is 7.34. The Morgan fingerprint density at radius 3 is 2.89 bits per heavy atom. The van der Waals surface area contributed by atoms with Crippen LogP contribution in [0.25, 0.3) is 11.6 Å². The zero-order valence-corrected chi connectivity index (χ0v) is 11.0. The first-order valence-electron chi connectivity index (χ1n) is 6.26. The Hall–Kier alpha value is -1.69. The van der Waals surface area contributed by atoms with Gasteiger partial charge in [0.25, 0.3) is 0 Å². The highest BCUT2D eigenvalue weighted by Crippen LogP contribution is 2.17. The fraction of sp³-hybridized carbons (Fsp3) is 0.583. The van der Waals surface area contributed by atoms with Crippen LogP contribution < -0.4 is 5.32 Å². The van der Waals surface area contributed by atoms with Crippen LogP contribution >= 0.6 is 0 Å². The first-order valence-corrected chi connectivity index (χ1v) is 6.26. The highest BCUT2D eigenvalue weighted by atomic mass is 16.3. The fourth-order valence-electron chi connectivity index (χ4n) is 1.68. The van der Waals surface area contributed by atoms with Gasteiger partial charge in [0, 0.05) is 6.04 Å². The van der Waals surface area contributed by atoms with Gasteiger partial charge in [-0.3, -0.25) is 0 Å². The van der Waals surface area contributed by atoms with Crippen molar-refractivity contribution in [3.63, 3.8) is 0 Å². The maximum Gasteiger partial charge on any atom is 0.239 e. The number of hydrogen-bond acceptors (Lipinski definition) is 5. The van der Waals surface area contributed by atoms with Crippen LogP contribution in [0.3, 0.4) is 0 Å². The van der Waals surface area contributed by atoms with Gasteiger partial charge in [-0.25, -0.2) is 0 Å². The van der Waals surface area contributed by atoms with Gasteiger partial charge in [0.15, 0.2) is 5.76 Å². The standard InChI is InChI=1S/C12H19N5O/c1-4-8(2)9(3)13-7-10-5-6-11(18-10)12-14-16-17-15-12/h5-6,8-9,13H,4,7H2,1-3H3,(H,14,15,16,17). The summed E-state index contributed by atoms with van der Waals surface area (Å²) in [4.78, 5) is 0. The number of aromatic amines is 1. The molecule has 6 heteroatoms. The number of hydrogen-bond donors (Lipinski definition) is 2. The van der Waals surface area contributed by atoms with Crippen molar-refractivity contribution in [2.75, 3.05) is 0 Å². The van der Waals surface area contributed by atoms with E-state index in [2.05, 4.69) is 46.7 Å². The summed E-state index contributed by atoms with van der Waals surface area (Å²) in [6.07, 6.45) is 1.17. The lowest BCUT2D eigenvalue weighted by atomic mass is 10.0. The molecule has 2 N–H and O–H groups in total. The molecule has 2 atom stereocenters. The fourth-order valence-corrected chi connectivity index (χ4v) is 1.68. The molecule has 6 nitrogen and oxygen atoms in total. The summed E-state index contributed by atoms with van der Waals surface area (Å²) in [6, 6.07) is 4.26. The van der Waals surface area contributed by atoms with E-state index in [1.165, 1.54) is 6.42 Å². The van der Waals surface area contributed by atoms with Crippen molar-refractivity contribution in [1.82, 2.24) is 25.9 Å². The van der Waals surface area contributed by atoms with Crippen LogP contribution in [-0.2, 0) is 6.54 Å². The van der Waals surface area contributed by atoms with Crippen LogP contribution in [0.5, 0.6) is 0 Å². The van der Waals surface area contributed by atoms with Crippen LogP contribution in [0, 0.1) is 5.92 Å². The topological polar surface area (TPSA) is 79.6 Å². The normalized spacial score (nSPS) is 14.6. The summed E-state index contributed by atoms with van der Waals surface area (Å²) in [7, 11) is 0. The van der Waals surface area contributed by atoms with Crippen LogP contribution in [0.15, 0.2) is 16.5 Å². The minimum absolute atomic E-state index is 0.466. The first-order chi connectivity index (χ1) is 8.70. The molecule has 18 heavy (non-hydrogen) atoms. The number of H-pyrrole nitrogens is 1. The van der Waals surface area contributed by atoms with E-state index in [0.717, 1.165) is 5.76 Å². The Labute approximate surface area is 106 Å². The van der Waals surface area contributed by atoms with Crippen LogP contribution in [0.2, 0.25) is 0 Å². The Balaban J connectivity index is 1.91. The molecule has 0 radical (unpaired) electrons. The van der Waals surface area contributed by atoms with Crippen molar-refractivity contribution < 1.29 is 4.42 Å². The predicted octanol–water partition coefficient (Wildman–Crippen LogP) is 1.98. The largest absolute Gasteiger partial charge is 0.456 e. The van der Waals surface area contributed by atoms with Gasteiger partial charge in [0.2, 0.25) is 5.82 Å². The number of nitrogens with one attached hydrogen (secondary N) is 2. The molecular weight excluding hydrogens is 230 g/mol. The average molecular weight is 249 g/mol. The molecule has 0 aliphatic rings. The molecule has 0 saturated heterocycles. The van der Waals surface area contributed by atoms with E-state index >= 15 is 0 Å². The van der Waals surface area contributed by atoms with Crippen LogP contribution in [0.4, 0.5) is 0 Å². The molecule has 0 fully saturated rings. The maximum absolute atomic E-state index is 5.64. The van der Waals surface area contributed by atoms with E-state index in [0.29, 0.717) is 30.1 Å². The number of nitrogens with zero attached hydrogens (tertiary/aromatic N) is 3. The molecule has 2 rings (SSSR count). The van der Waals surface area contributed by atoms with Gasteiger partial charge in [-0.05, 0) is 30.2 Å². The summed E-state index contributed by atoms with van der Waals surface area (Å²) in [5.74, 6) is 2.65. The Bertz CT molecular complexity index is 465. The lowest BCUT2D eigenvalue weighted by Gasteiger charge is -2.19. The van der Waals surface area contributed by atoms with E-state index < -0.39 is 0 Å².